The summed E-state index contributed by atoms with van der Waals surface area (Å²) in [5, 5.41) is 0.454. The minimum atomic E-state index is -0.419. The molecule has 0 atom stereocenters. The monoisotopic (exact) mass is 361 g/mol. The lowest BCUT2D eigenvalue weighted by Gasteiger charge is -2.25. The number of benzene rings is 1. The number of esters is 1. The van der Waals surface area contributed by atoms with Crippen LogP contribution < -0.4 is 0 Å². The predicted molar refractivity (Wildman–Crippen MR) is 82.0 cm³/mol. The largest absolute Gasteiger partial charge is 0.465 e. The molecule has 6 heteroatoms. The molecule has 20 heavy (non-hydrogen) atoms. The Balaban J connectivity index is 2.93. The fraction of sp³-hybridized carbons (Fsp3) is 0.429. The van der Waals surface area contributed by atoms with Gasteiger partial charge in [-0.1, -0.05) is 11.6 Å². The molecule has 0 fully saturated rings. The van der Waals surface area contributed by atoms with E-state index in [-0.39, 0.29) is 18.5 Å². The van der Waals surface area contributed by atoms with Gasteiger partial charge in [-0.2, -0.15) is 0 Å². The van der Waals surface area contributed by atoms with E-state index >= 15 is 0 Å². The number of carbonyl (C=O) groups excluding carboxylic acids is 2. The van der Waals surface area contributed by atoms with Gasteiger partial charge in [0.05, 0.1) is 11.6 Å². The van der Waals surface area contributed by atoms with Gasteiger partial charge in [-0.3, -0.25) is 9.59 Å². The molecular formula is C14H17BrClNO3. The Bertz CT molecular complexity index is 505. The molecule has 0 unspecified atom stereocenters. The SMILES string of the molecule is CCOC(=O)CN(C(=O)c1ccc(Br)c(Cl)c1)C(C)C. The summed E-state index contributed by atoms with van der Waals surface area (Å²) in [6.45, 7) is 5.64. The summed E-state index contributed by atoms with van der Waals surface area (Å²) in [5.74, 6) is -0.666. The van der Waals surface area contributed by atoms with Gasteiger partial charge in [-0.05, 0) is 54.9 Å². The van der Waals surface area contributed by atoms with Crippen LogP contribution in [0.3, 0.4) is 0 Å². The van der Waals surface area contributed by atoms with Crippen molar-refractivity contribution in [3.05, 3.63) is 33.3 Å². The average Bonchev–Trinajstić information content (AvgIpc) is 2.38. The Labute approximate surface area is 132 Å². The van der Waals surface area contributed by atoms with E-state index in [1.54, 1.807) is 25.1 Å². The van der Waals surface area contributed by atoms with Crippen LogP contribution in [0.2, 0.25) is 5.02 Å². The first kappa shape index (κ1) is 17.0. The van der Waals surface area contributed by atoms with Crippen molar-refractivity contribution in [3.8, 4) is 0 Å². The number of carbonyl (C=O) groups is 2. The van der Waals surface area contributed by atoms with Gasteiger partial charge in [0.25, 0.3) is 5.91 Å². The number of amides is 1. The van der Waals surface area contributed by atoms with Crippen molar-refractivity contribution in [1.82, 2.24) is 4.90 Å². The molecule has 110 valence electrons. The fourth-order valence-corrected chi connectivity index (χ4v) is 2.06. The third-order valence-corrected chi connectivity index (χ3v) is 3.89. The molecule has 1 aromatic rings. The molecule has 0 aliphatic carbocycles. The molecule has 0 N–H and O–H groups in total. The maximum atomic E-state index is 12.4. The van der Waals surface area contributed by atoms with Gasteiger partial charge in [0.2, 0.25) is 0 Å². The molecule has 4 nitrogen and oxygen atoms in total. The van der Waals surface area contributed by atoms with E-state index < -0.39 is 5.97 Å². The van der Waals surface area contributed by atoms with Crippen LogP contribution in [0.15, 0.2) is 22.7 Å². The number of ether oxygens (including phenoxy) is 1. The van der Waals surface area contributed by atoms with Gasteiger partial charge in [0.1, 0.15) is 6.54 Å². The number of halogens is 2. The van der Waals surface area contributed by atoms with Crippen molar-refractivity contribution in [2.75, 3.05) is 13.2 Å². The Morgan fingerprint density at radius 2 is 2.05 bits per heavy atom. The highest BCUT2D eigenvalue weighted by Crippen LogP contribution is 2.24. The van der Waals surface area contributed by atoms with E-state index in [0.29, 0.717) is 17.2 Å². The molecule has 0 heterocycles. The first-order chi connectivity index (χ1) is 9.36. The van der Waals surface area contributed by atoms with Gasteiger partial charge in [-0.15, -0.1) is 0 Å². The highest BCUT2D eigenvalue weighted by atomic mass is 79.9. The second-order valence-corrected chi connectivity index (χ2v) is 5.72. The summed E-state index contributed by atoms with van der Waals surface area (Å²) >= 11 is 9.26. The zero-order valence-electron chi connectivity index (χ0n) is 11.7. The number of nitrogens with zero attached hydrogens (tertiary/aromatic N) is 1. The van der Waals surface area contributed by atoms with Crippen LogP contribution in [0.1, 0.15) is 31.1 Å². The van der Waals surface area contributed by atoms with Crippen LogP contribution in [0.25, 0.3) is 0 Å². The lowest BCUT2D eigenvalue weighted by atomic mass is 10.1. The zero-order chi connectivity index (χ0) is 15.3. The molecule has 0 aliphatic heterocycles. The Morgan fingerprint density at radius 1 is 1.40 bits per heavy atom. The standard InChI is InChI=1S/C14H17BrClNO3/c1-4-20-13(18)8-17(9(2)3)14(19)10-5-6-11(15)12(16)7-10/h5-7,9H,4,8H2,1-3H3. The van der Waals surface area contributed by atoms with Crippen molar-refractivity contribution < 1.29 is 14.3 Å². The summed E-state index contributed by atoms with van der Waals surface area (Å²) < 4.78 is 5.60. The van der Waals surface area contributed by atoms with Crippen molar-refractivity contribution in [1.29, 1.82) is 0 Å². The van der Waals surface area contributed by atoms with E-state index in [0.717, 1.165) is 4.47 Å². The summed E-state index contributed by atoms with van der Waals surface area (Å²) in [7, 11) is 0. The summed E-state index contributed by atoms with van der Waals surface area (Å²) in [5.41, 5.74) is 0.441. The summed E-state index contributed by atoms with van der Waals surface area (Å²) in [6, 6.07) is 4.83. The maximum Gasteiger partial charge on any atom is 0.325 e. The summed E-state index contributed by atoms with van der Waals surface area (Å²) in [4.78, 5) is 25.5. The fourth-order valence-electron chi connectivity index (χ4n) is 1.63. The van der Waals surface area contributed by atoms with Crippen molar-refractivity contribution in [2.45, 2.75) is 26.8 Å². The van der Waals surface area contributed by atoms with Crippen molar-refractivity contribution in [3.63, 3.8) is 0 Å². The van der Waals surface area contributed by atoms with E-state index in [1.165, 1.54) is 4.90 Å². The number of hydrogen-bond acceptors (Lipinski definition) is 3. The third kappa shape index (κ3) is 4.49. The molecule has 1 amide bonds. The number of hydrogen-bond donors (Lipinski definition) is 0. The van der Waals surface area contributed by atoms with E-state index in [2.05, 4.69) is 15.9 Å². The Kier molecular flexibility index (Phi) is 6.49. The second kappa shape index (κ2) is 7.64. The van der Waals surface area contributed by atoms with Crippen LogP contribution in [-0.2, 0) is 9.53 Å². The maximum absolute atomic E-state index is 12.4. The van der Waals surface area contributed by atoms with E-state index in [9.17, 15) is 9.59 Å². The Morgan fingerprint density at radius 3 is 2.55 bits per heavy atom. The molecule has 1 rings (SSSR count). The molecule has 0 aliphatic rings. The van der Waals surface area contributed by atoms with E-state index in [1.807, 2.05) is 13.8 Å². The smallest absolute Gasteiger partial charge is 0.325 e. The number of rotatable bonds is 5. The van der Waals surface area contributed by atoms with Crippen molar-refractivity contribution >= 4 is 39.4 Å². The van der Waals surface area contributed by atoms with Gasteiger partial charge in [0.15, 0.2) is 0 Å². The third-order valence-electron chi connectivity index (χ3n) is 2.66. The van der Waals surface area contributed by atoms with Gasteiger partial charge in [-0.25, -0.2) is 0 Å². The van der Waals surface area contributed by atoms with Gasteiger partial charge >= 0.3 is 5.97 Å². The summed E-state index contributed by atoms with van der Waals surface area (Å²) in [6.07, 6.45) is 0. The molecule has 0 aromatic heterocycles. The van der Waals surface area contributed by atoms with Crippen LogP contribution in [0, 0.1) is 0 Å². The molecule has 0 bridgehead atoms. The molecular weight excluding hydrogens is 346 g/mol. The molecule has 0 radical (unpaired) electrons. The van der Waals surface area contributed by atoms with Crippen LogP contribution in [-0.4, -0.2) is 36.0 Å². The lowest BCUT2D eigenvalue weighted by Crippen LogP contribution is -2.41. The van der Waals surface area contributed by atoms with Gasteiger partial charge in [0, 0.05) is 16.1 Å². The Hall–Kier alpha value is -1.07. The zero-order valence-corrected chi connectivity index (χ0v) is 14.0. The minimum Gasteiger partial charge on any atom is -0.465 e. The molecule has 0 spiro atoms. The van der Waals surface area contributed by atoms with Crippen LogP contribution >= 0.6 is 27.5 Å². The van der Waals surface area contributed by atoms with Crippen LogP contribution in [0.5, 0.6) is 0 Å². The first-order valence-corrected chi connectivity index (χ1v) is 7.45. The normalized spacial score (nSPS) is 10.5. The molecule has 0 saturated heterocycles. The van der Waals surface area contributed by atoms with Gasteiger partial charge < -0.3 is 9.64 Å². The lowest BCUT2D eigenvalue weighted by molar-refractivity contribution is -0.144. The van der Waals surface area contributed by atoms with E-state index in [4.69, 9.17) is 16.3 Å². The average molecular weight is 363 g/mol. The molecule has 1 aromatic carbocycles. The second-order valence-electron chi connectivity index (χ2n) is 4.46. The first-order valence-electron chi connectivity index (χ1n) is 6.28. The van der Waals surface area contributed by atoms with Crippen LogP contribution in [0.4, 0.5) is 0 Å². The predicted octanol–water partition coefficient (Wildman–Crippen LogP) is 3.52. The minimum absolute atomic E-state index is 0.0714. The van der Waals surface area contributed by atoms with Crippen molar-refractivity contribution in [2.24, 2.45) is 0 Å². The molecule has 0 saturated carbocycles. The highest BCUT2D eigenvalue weighted by Gasteiger charge is 2.22. The highest BCUT2D eigenvalue weighted by molar-refractivity contribution is 9.10. The quantitative estimate of drug-likeness (QED) is 0.753. The topological polar surface area (TPSA) is 46.6 Å².